The zero-order valence-corrected chi connectivity index (χ0v) is 15.9. The molecule has 2 aromatic rings. The second-order valence-corrected chi connectivity index (χ2v) is 7.07. The van der Waals surface area contributed by atoms with Gasteiger partial charge in [-0.2, -0.15) is 0 Å². The Balaban J connectivity index is 1.57. The van der Waals surface area contributed by atoms with Gasteiger partial charge < -0.3 is 19.1 Å². The molecule has 2 aliphatic rings. The van der Waals surface area contributed by atoms with E-state index in [-0.39, 0.29) is 5.91 Å². The standard InChI is InChI=1S/C22H25NO4/c1-3-4-11-25-18-8-6-17(7-9-18)15-23-20-10-5-16(2)14-19(20)22(21(23)24)26-12-13-27-22/h5-10,14H,3-4,11-13,15H2,1-2H3. The van der Waals surface area contributed by atoms with Crippen LogP contribution in [0.25, 0.3) is 0 Å². The molecule has 0 bridgehead atoms. The van der Waals surface area contributed by atoms with Crippen LogP contribution in [0.2, 0.25) is 0 Å². The van der Waals surface area contributed by atoms with Crippen molar-refractivity contribution in [2.75, 3.05) is 24.7 Å². The molecule has 1 amide bonds. The largest absolute Gasteiger partial charge is 0.494 e. The van der Waals surface area contributed by atoms with E-state index < -0.39 is 5.79 Å². The van der Waals surface area contributed by atoms with Gasteiger partial charge in [-0.3, -0.25) is 4.79 Å². The lowest BCUT2D eigenvalue weighted by atomic mass is 10.0. The molecule has 0 aliphatic carbocycles. The van der Waals surface area contributed by atoms with Crippen LogP contribution in [0.4, 0.5) is 5.69 Å². The first-order valence-electron chi connectivity index (χ1n) is 9.57. The van der Waals surface area contributed by atoms with Gasteiger partial charge in [-0.25, -0.2) is 0 Å². The van der Waals surface area contributed by atoms with E-state index in [9.17, 15) is 4.79 Å². The van der Waals surface area contributed by atoms with E-state index in [1.807, 2.05) is 49.4 Å². The van der Waals surface area contributed by atoms with Crippen LogP contribution in [-0.2, 0) is 26.6 Å². The summed E-state index contributed by atoms with van der Waals surface area (Å²) in [7, 11) is 0. The summed E-state index contributed by atoms with van der Waals surface area (Å²) < 4.78 is 17.3. The van der Waals surface area contributed by atoms with Crippen molar-refractivity contribution < 1.29 is 19.0 Å². The number of benzene rings is 2. The van der Waals surface area contributed by atoms with Gasteiger partial charge in [0.15, 0.2) is 0 Å². The van der Waals surface area contributed by atoms with Crippen molar-refractivity contribution in [3.05, 3.63) is 59.2 Å². The van der Waals surface area contributed by atoms with Crippen molar-refractivity contribution in [2.24, 2.45) is 0 Å². The minimum absolute atomic E-state index is 0.149. The highest BCUT2D eigenvalue weighted by molar-refractivity contribution is 6.06. The third-order valence-electron chi connectivity index (χ3n) is 5.05. The smallest absolute Gasteiger partial charge is 0.292 e. The van der Waals surface area contributed by atoms with Crippen molar-refractivity contribution in [1.82, 2.24) is 0 Å². The molecule has 5 heteroatoms. The molecule has 1 spiro atoms. The molecule has 0 atom stereocenters. The van der Waals surface area contributed by atoms with Gasteiger partial charge in [0.25, 0.3) is 11.7 Å². The number of aryl methyl sites for hydroxylation is 1. The first-order chi connectivity index (χ1) is 13.1. The number of fused-ring (bicyclic) bond motifs is 2. The number of carbonyl (C=O) groups excluding carboxylic acids is 1. The third-order valence-corrected chi connectivity index (χ3v) is 5.05. The van der Waals surface area contributed by atoms with Gasteiger partial charge in [-0.05, 0) is 43.2 Å². The van der Waals surface area contributed by atoms with Crippen molar-refractivity contribution in [3.8, 4) is 5.75 Å². The maximum Gasteiger partial charge on any atom is 0.292 e. The molecule has 0 radical (unpaired) electrons. The highest BCUT2D eigenvalue weighted by atomic mass is 16.7. The fourth-order valence-corrected chi connectivity index (χ4v) is 3.61. The van der Waals surface area contributed by atoms with Gasteiger partial charge in [0.2, 0.25) is 0 Å². The quantitative estimate of drug-likeness (QED) is 0.726. The Labute approximate surface area is 159 Å². The summed E-state index contributed by atoms with van der Waals surface area (Å²) in [6.07, 6.45) is 2.16. The Morgan fingerprint density at radius 3 is 2.56 bits per heavy atom. The summed E-state index contributed by atoms with van der Waals surface area (Å²) in [5.41, 5.74) is 3.78. The summed E-state index contributed by atoms with van der Waals surface area (Å²) in [4.78, 5) is 15.0. The molecule has 4 rings (SSSR count). The molecule has 2 aliphatic heterocycles. The molecular weight excluding hydrogens is 342 g/mol. The molecule has 0 aromatic heterocycles. The fourth-order valence-electron chi connectivity index (χ4n) is 3.61. The van der Waals surface area contributed by atoms with Gasteiger partial charge >= 0.3 is 0 Å². The van der Waals surface area contributed by atoms with Gasteiger partial charge in [-0.1, -0.05) is 37.1 Å². The third kappa shape index (κ3) is 3.22. The first kappa shape index (κ1) is 18.0. The Bertz CT molecular complexity index is 825. The second kappa shape index (κ2) is 7.33. The molecule has 27 heavy (non-hydrogen) atoms. The maximum atomic E-state index is 13.2. The maximum absolute atomic E-state index is 13.2. The van der Waals surface area contributed by atoms with Crippen LogP contribution >= 0.6 is 0 Å². The van der Waals surface area contributed by atoms with Crippen LogP contribution < -0.4 is 9.64 Å². The number of carbonyl (C=O) groups is 1. The lowest BCUT2D eigenvalue weighted by molar-refractivity contribution is -0.180. The number of hydrogen-bond donors (Lipinski definition) is 0. The SMILES string of the molecule is CCCCOc1ccc(CN2C(=O)C3(OCCO3)c3cc(C)ccc32)cc1. The van der Waals surface area contributed by atoms with E-state index in [1.54, 1.807) is 4.90 Å². The number of ether oxygens (including phenoxy) is 3. The number of unbranched alkanes of at least 4 members (excludes halogenated alkanes) is 1. The number of hydrogen-bond acceptors (Lipinski definition) is 4. The molecule has 1 saturated heterocycles. The van der Waals surface area contributed by atoms with Crippen molar-refractivity contribution in [2.45, 2.75) is 39.0 Å². The number of rotatable bonds is 6. The Morgan fingerprint density at radius 2 is 1.85 bits per heavy atom. The van der Waals surface area contributed by atoms with E-state index in [0.717, 1.165) is 47.6 Å². The van der Waals surface area contributed by atoms with E-state index in [0.29, 0.717) is 19.8 Å². The molecular formula is C22H25NO4. The van der Waals surface area contributed by atoms with Gasteiger partial charge in [0.05, 0.1) is 32.1 Å². The summed E-state index contributed by atoms with van der Waals surface area (Å²) in [6, 6.07) is 13.9. The molecule has 1 fully saturated rings. The zero-order chi connectivity index (χ0) is 18.9. The number of nitrogens with zero attached hydrogens (tertiary/aromatic N) is 1. The van der Waals surface area contributed by atoms with E-state index in [2.05, 4.69) is 6.92 Å². The molecule has 0 N–H and O–H groups in total. The lowest BCUT2D eigenvalue weighted by Crippen LogP contribution is -2.40. The van der Waals surface area contributed by atoms with Crippen molar-refractivity contribution in [1.29, 1.82) is 0 Å². The van der Waals surface area contributed by atoms with Crippen LogP contribution in [0.1, 0.15) is 36.5 Å². The normalized spacial score (nSPS) is 17.6. The van der Waals surface area contributed by atoms with Crippen LogP contribution in [0.5, 0.6) is 5.75 Å². The van der Waals surface area contributed by atoms with Crippen molar-refractivity contribution >= 4 is 11.6 Å². The van der Waals surface area contributed by atoms with Crippen molar-refractivity contribution in [3.63, 3.8) is 0 Å². The lowest BCUT2D eigenvalue weighted by Gasteiger charge is -2.22. The minimum Gasteiger partial charge on any atom is -0.494 e. The summed E-state index contributed by atoms with van der Waals surface area (Å²) >= 11 is 0. The number of amides is 1. The van der Waals surface area contributed by atoms with Gasteiger partial charge in [-0.15, -0.1) is 0 Å². The molecule has 142 valence electrons. The summed E-state index contributed by atoms with van der Waals surface area (Å²) in [6.45, 7) is 6.20. The number of anilines is 1. The molecule has 2 aromatic carbocycles. The van der Waals surface area contributed by atoms with E-state index >= 15 is 0 Å². The predicted molar refractivity (Wildman–Crippen MR) is 103 cm³/mol. The van der Waals surface area contributed by atoms with E-state index in [4.69, 9.17) is 14.2 Å². The minimum atomic E-state index is -1.27. The molecule has 2 heterocycles. The van der Waals surface area contributed by atoms with Crippen LogP contribution in [0, 0.1) is 6.92 Å². The topological polar surface area (TPSA) is 48.0 Å². The Hall–Kier alpha value is -2.37. The molecule has 5 nitrogen and oxygen atoms in total. The molecule has 0 saturated carbocycles. The van der Waals surface area contributed by atoms with Crippen LogP contribution in [0.15, 0.2) is 42.5 Å². The van der Waals surface area contributed by atoms with E-state index in [1.165, 1.54) is 0 Å². The van der Waals surface area contributed by atoms with Crippen LogP contribution in [0.3, 0.4) is 0 Å². The summed E-state index contributed by atoms with van der Waals surface area (Å²) in [5.74, 6) is -0.566. The highest BCUT2D eigenvalue weighted by Gasteiger charge is 2.55. The Kier molecular flexibility index (Phi) is 4.89. The highest BCUT2D eigenvalue weighted by Crippen LogP contribution is 2.46. The molecule has 0 unspecified atom stereocenters. The average Bonchev–Trinajstić information content (AvgIpc) is 3.25. The fraction of sp³-hybridized carbons (Fsp3) is 0.409. The monoisotopic (exact) mass is 367 g/mol. The predicted octanol–water partition coefficient (Wildman–Crippen LogP) is 3.92. The first-order valence-corrected chi connectivity index (χ1v) is 9.57. The van der Waals surface area contributed by atoms with Gasteiger partial charge in [0.1, 0.15) is 5.75 Å². The average molecular weight is 367 g/mol. The van der Waals surface area contributed by atoms with Gasteiger partial charge in [0, 0.05) is 5.56 Å². The zero-order valence-electron chi connectivity index (χ0n) is 15.9. The second-order valence-electron chi connectivity index (χ2n) is 7.07. The van der Waals surface area contributed by atoms with Crippen LogP contribution in [-0.4, -0.2) is 25.7 Å². The Morgan fingerprint density at radius 1 is 1.11 bits per heavy atom. The summed E-state index contributed by atoms with van der Waals surface area (Å²) in [5, 5.41) is 0.